The fourth-order valence-corrected chi connectivity index (χ4v) is 3.69. The molecule has 0 bridgehead atoms. The Kier molecular flexibility index (Phi) is 7.61. The second kappa shape index (κ2) is 10.2. The molecule has 3 rings (SSSR count). The summed E-state index contributed by atoms with van der Waals surface area (Å²) in [5.41, 5.74) is 1.16. The molecule has 1 atom stereocenters. The minimum atomic E-state index is -0.468. The summed E-state index contributed by atoms with van der Waals surface area (Å²) < 4.78 is 12.8. The molecule has 0 N–H and O–H groups in total. The van der Waals surface area contributed by atoms with Crippen LogP contribution >= 0.6 is 31.9 Å². The maximum Gasteiger partial charge on any atom is 0.343 e. The van der Waals surface area contributed by atoms with Crippen molar-refractivity contribution in [1.29, 1.82) is 0 Å². The standard InChI is InChI=1S/C22H21Br2N3O4/c1-4-13(2)21-26-18-7-6-15(23)10-16(18)22(29)27(21)25-11-14-5-8-19(17(24)9-14)31-12-20(28)30-3/h5-11,13H,4,12H2,1-3H3/t13-/m0/s1. The van der Waals surface area contributed by atoms with Gasteiger partial charge in [0.1, 0.15) is 11.6 Å². The van der Waals surface area contributed by atoms with Crippen molar-refractivity contribution < 1.29 is 14.3 Å². The van der Waals surface area contributed by atoms with Crippen LogP contribution in [0.2, 0.25) is 0 Å². The first-order chi connectivity index (χ1) is 14.8. The quantitative estimate of drug-likeness (QED) is 0.309. The lowest BCUT2D eigenvalue weighted by Gasteiger charge is -2.14. The van der Waals surface area contributed by atoms with Crippen molar-refractivity contribution in [2.45, 2.75) is 26.2 Å². The molecule has 0 fully saturated rings. The van der Waals surface area contributed by atoms with Crippen LogP contribution in [0.1, 0.15) is 37.6 Å². The summed E-state index contributed by atoms with van der Waals surface area (Å²) in [6, 6.07) is 10.7. The number of carbonyl (C=O) groups is 1. The molecule has 9 heteroatoms. The van der Waals surface area contributed by atoms with Crippen molar-refractivity contribution in [3.8, 4) is 5.75 Å². The maximum absolute atomic E-state index is 13.2. The average molecular weight is 551 g/mol. The molecule has 31 heavy (non-hydrogen) atoms. The van der Waals surface area contributed by atoms with E-state index in [4.69, 9.17) is 9.72 Å². The Bertz CT molecular complexity index is 1210. The number of nitrogens with zero attached hydrogens (tertiary/aromatic N) is 3. The number of aromatic nitrogens is 2. The third kappa shape index (κ3) is 5.40. The normalized spacial score (nSPS) is 12.3. The van der Waals surface area contributed by atoms with E-state index in [-0.39, 0.29) is 18.1 Å². The molecule has 7 nitrogen and oxygen atoms in total. The zero-order valence-corrected chi connectivity index (χ0v) is 20.4. The van der Waals surface area contributed by atoms with Crippen molar-refractivity contribution in [2.75, 3.05) is 13.7 Å². The molecule has 0 amide bonds. The molecular formula is C22H21Br2N3O4. The Morgan fingerprint density at radius 1 is 1.26 bits per heavy atom. The number of benzene rings is 2. The molecule has 0 radical (unpaired) electrons. The van der Waals surface area contributed by atoms with Crippen molar-refractivity contribution >= 4 is 54.9 Å². The molecule has 3 aromatic rings. The minimum Gasteiger partial charge on any atom is -0.481 e. The van der Waals surface area contributed by atoms with Gasteiger partial charge in [0.05, 0.1) is 28.7 Å². The maximum atomic E-state index is 13.2. The highest BCUT2D eigenvalue weighted by Crippen LogP contribution is 2.26. The lowest BCUT2D eigenvalue weighted by molar-refractivity contribution is -0.142. The van der Waals surface area contributed by atoms with Crippen LogP contribution in [0.3, 0.4) is 0 Å². The monoisotopic (exact) mass is 549 g/mol. The van der Waals surface area contributed by atoms with Crippen LogP contribution in [-0.4, -0.2) is 35.6 Å². The van der Waals surface area contributed by atoms with Gasteiger partial charge in [-0.15, -0.1) is 0 Å². The number of hydrogen-bond acceptors (Lipinski definition) is 6. The number of methoxy groups -OCH3 is 1. The number of fused-ring (bicyclic) bond motifs is 1. The van der Waals surface area contributed by atoms with Gasteiger partial charge < -0.3 is 9.47 Å². The Hall–Kier alpha value is -2.52. The van der Waals surface area contributed by atoms with E-state index in [1.807, 2.05) is 26.0 Å². The summed E-state index contributed by atoms with van der Waals surface area (Å²) in [5, 5.41) is 4.94. The third-order valence-electron chi connectivity index (χ3n) is 4.74. The Balaban J connectivity index is 1.98. The highest BCUT2D eigenvalue weighted by Gasteiger charge is 2.15. The molecule has 0 saturated carbocycles. The van der Waals surface area contributed by atoms with Gasteiger partial charge in [-0.05, 0) is 64.3 Å². The second-order valence-corrected chi connectivity index (χ2v) is 8.63. The van der Waals surface area contributed by atoms with Crippen LogP contribution < -0.4 is 10.3 Å². The molecule has 0 unspecified atom stereocenters. The van der Waals surface area contributed by atoms with Gasteiger partial charge in [0, 0.05) is 10.4 Å². The topological polar surface area (TPSA) is 82.8 Å². The van der Waals surface area contributed by atoms with Gasteiger partial charge in [0.2, 0.25) is 0 Å². The second-order valence-electron chi connectivity index (χ2n) is 6.86. The van der Waals surface area contributed by atoms with Crippen LogP contribution in [0.4, 0.5) is 0 Å². The SMILES string of the molecule is CC[C@H](C)c1nc2ccc(Br)cc2c(=O)n1N=Cc1ccc(OCC(=O)OC)c(Br)c1. The zero-order chi connectivity index (χ0) is 22.5. The van der Waals surface area contributed by atoms with E-state index >= 15 is 0 Å². The van der Waals surface area contributed by atoms with Crippen molar-refractivity contribution in [1.82, 2.24) is 9.66 Å². The first-order valence-corrected chi connectivity index (χ1v) is 11.2. The number of hydrogen-bond donors (Lipinski definition) is 0. The van der Waals surface area contributed by atoms with E-state index in [1.54, 1.807) is 30.5 Å². The van der Waals surface area contributed by atoms with Gasteiger partial charge in [-0.1, -0.05) is 29.8 Å². The predicted octanol–water partition coefficient (Wildman–Crippen LogP) is 4.87. The van der Waals surface area contributed by atoms with E-state index in [9.17, 15) is 9.59 Å². The van der Waals surface area contributed by atoms with Crippen LogP contribution in [0.5, 0.6) is 5.75 Å². The van der Waals surface area contributed by atoms with E-state index in [0.29, 0.717) is 26.9 Å². The molecule has 0 aliphatic heterocycles. The summed E-state index contributed by atoms with van der Waals surface area (Å²) in [4.78, 5) is 29.1. The molecule has 0 saturated heterocycles. The van der Waals surface area contributed by atoms with Crippen molar-refractivity contribution in [3.05, 3.63) is 67.1 Å². The lowest BCUT2D eigenvalue weighted by Crippen LogP contribution is -2.23. The summed E-state index contributed by atoms with van der Waals surface area (Å²) in [7, 11) is 1.30. The van der Waals surface area contributed by atoms with Crippen LogP contribution in [0.25, 0.3) is 10.9 Å². The number of ether oxygens (including phenoxy) is 2. The smallest absolute Gasteiger partial charge is 0.343 e. The van der Waals surface area contributed by atoms with Crippen molar-refractivity contribution in [2.24, 2.45) is 5.10 Å². The Labute approximate surface area is 196 Å². The highest BCUT2D eigenvalue weighted by atomic mass is 79.9. The van der Waals surface area contributed by atoms with Gasteiger partial charge >= 0.3 is 5.97 Å². The minimum absolute atomic E-state index is 0.0544. The summed E-state index contributed by atoms with van der Waals surface area (Å²) in [6.07, 6.45) is 2.41. The highest BCUT2D eigenvalue weighted by molar-refractivity contribution is 9.10. The first-order valence-electron chi connectivity index (χ1n) is 9.59. The lowest BCUT2D eigenvalue weighted by atomic mass is 10.1. The van der Waals surface area contributed by atoms with Gasteiger partial charge in [0.25, 0.3) is 5.56 Å². The zero-order valence-electron chi connectivity index (χ0n) is 17.3. The summed E-state index contributed by atoms with van der Waals surface area (Å²) in [6.45, 7) is 3.87. The van der Waals surface area contributed by atoms with Gasteiger partial charge in [0.15, 0.2) is 6.61 Å². The van der Waals surface area contributed by atoms with E-state index in [0.717, 1.165) is 16.5 Å². The van der Waals surface area contributed by atoms with E-state index in [1.165, 1.54) is 11.8 Å². The average Bonchev–Trinajstić information content (AvgIpc) is 2.77. The largest absolute Gasteiger partial charge is 0.481 e. The van der Waals surface area contributed by atoms with Gasteiger partial charge in [-0.3, -0.25) is 4.79 Å². The molecule has 162 valence electrons. The summed E-state index contributed by atoms with van der Waals surface area (Å²) in [5.74, 6) is 0.691. The number of carbonyl (C=O) groups excluding carboxylic acids is 1. The van der Waals surface area contributed by atoms with Gasteiger partial charge in [-0.25, -0.2) is 9.78 Å². The van der Waals surface area contributed by atoms with Crippen LogP contribution in [0.15, 0.2) is 55.2 Å². The molecule has 0 aliphatic carbocycles. The van der Waals surface area contributed by atoms with Crippen molar-refractivity contribution in [3.63, 3.8) is 0 Å². The van der Waals surface area contributed by atoms with Crippen LogP contribution in [0, 0.1) is 0 Å². The van der Waals surface area contributed by atoms with E-state index in [2.05, 4.69) is 41.7 Å². The Morgan fingerprint density at radius 3 is 2.71 bits per heavy atom. The number of esters is 1. The third-order valence-corrected chi connectivity index (χ3v) is 5.85. The molecule has 0 aliphatic rings. The first kappa shape index (κ1) is 23.1. The van der Waals surface area contributed by atoms with Crippen LogP contribution in [-0.2, 0) is 9.53 Å². The van der Waals surface area contributed by atoms with Gasteiger partial charge in [-0.2, -0.15) is 9.78 Å². The van der Waals surface area contributed by atoms with E-state index < -0.39 is 5.97 Å². The molecular weight excluding hydrogens is 530 g/mol. The fraction of sp³-hybridized carbons (Fsp3) is 0.273. The molecule has 1 aromatic heterocycles. The predicted molar refractivity (Wildman–Crippen MR) is 127 cm³/mol. The summed E-state index contributed by atoms with van der Waals surface area (Å²) >= 11 is 6.83. The number of rotatable bonds is 7. The number of halogens is 2. The molecule has 0 spiro atoms. The Morgan fingerprint density at radius 2 is 2.03 bits per heavy atom. The fourth-order valence-electron chi connectivity index (χ4n) is 2.81. The molecule has 1 heterocycles. The molecule has 2 aromatic carbocycles.